The largest absolute Gasteiger partial charge is 0.349 e. The summed E-state index contributed by atoms with van der Waals surface area (Å²) >= 11 is 1.54. The summed E-state index contributed by atoms with van der Waals surface area (Å²) in [6, 6.07) is 14.9. The van der Waals surface area contributed by atoms with Gasteiger partial charge in [-0.3, -0.25) is 9.59 Å². The molecule has 0 atom stereocenters. The lowest BCUT2D eigenvalue weighted by Crippen LogP contribution is -2.23. The van der Waals surface area contributed by atoms with E-state index < -0.39 is 0 Å². The highest BCUT2D eigenvalue weighted by Gasteiger charge is 2.11. The van der Waals surface area contributed by atoms with Gasteiger partial charge in [-0.1, -0.05) is 24.3 Å². The average Bonchev–Trinajstić information content (AvgIpc) is 2.56. The molecule has 0 saturated carbocycles. The lowest BCUT2D eigenvalue weighted by atomic mass is 10.1. The number of rotatable bonds is 5. The van der Waals surface area contributed by atoms with E-state index in [4.69, 9.17) is 0 Å². The molecular weight excluding hydrogens is 308 g/mol. The third-order valence-electron chi connectivity index (χ3n) is 3.42. The number of amides is 2. The van der Waals surface area contributed by atoms with Gasteiger partial charge in [-0.15, -0.1) is 11.8 Å². The number of nitrogens with one attached hydrogen (secondary N) is 1. The van der Waals surface area contributed by atoms with Gasteiger partial charge in [-0.2, -0.15) is 0 Å². The van der Waals surface area contributed by atoms with Gasteiger partial charge in [0, 0.05) is 24.7 Å². The van der Waals surface area contributed by atoms with Gasteiger partial charge >= 0.3 is 0 Å². The number of anilines is 1. The van der Waals surface area contributed by atoms with Crippen LogP contribution in [0.4, 0.5) is 5.69 Å². The summed E-state index contributed by atoms with van der Waals surface area (Å²) in [6.45, 7) is 0. The van der Waals surface area contributed by atoms with Crippen molar-refractivity contribution in [2.75, 3.05) is 25.7 Å². The zero-order chi connectivity index (χ0) is 16.8. The van der Waals surface area contributed by atoms with Crippen molar-refractivity contribution in [3.05, 3.63) is 59.7 Å². The van der Waals surface area contributed by atoms with Crippen LogP contribution in [-0.2, 0) is 11.2 Å². The van der Waals surface area contributed by atoms with Gasteiger partial charge in [-0.25, -0.2) is 0 Å². The summed E-state index contributed by atoms with van der Waals surface area (Å²) in [7, 11) is 3.47. The Morgan fingerprint density at radius 2 is 1.70 bits per heavy atom. The lowest BCUT2D eigenvalue weighted by molar-refractivity contribution is -0.127. The van der Waals surface area contributed by atoms with Gasteiger partial charge in [0.1, 0.15) is 0 Å². The summed E-state index contributed by atoms with van der Waals surface area (Å²) < 4.78 is 0. The third kappa shape index (κ3) is 4.60. The first-order chi connectivity index (χ1) is 11.0. The molecule has 4 nitrogen and oxygen atoms in total. The van der Waals surface area contributed by atoms with Crippen LogP contribution >= 0.6 is 11.8 Å². The number of carbonyl (C=O) groups is 2. The molecule has 23 heavy (non-hydrogen) atoms. The molecule has 120 valence electrons. The summed E-state index contributed by atoms with van der Waals surface area (Å²) in [4.78, 5) is 26.6. The molecule has 0 aliphatic carbocycles. The SMILES string of the molecule is CSc1ccccc1C(=O)Nc1ccc(CC(=O)N(C)C)cc1. The van der Waals surface area contributed by atoms with Crippen LogP contribution in [0.15, 0.2) is 53.4 Å². The van der Waals surface area contributed by atoms with Crippen molar-refractivity contribution in [3.63, 3.8) is 0 Å². The minimum Gasteiger partial charge on any atom is -0.349 e. The van der Waals surface area contributed by atoms with Crippen LogP contribution in [0.3, 0.4) is 0 Å². The predicted octanol–water partition coefficient (Wildman–Crippen LogP) is 3.29. The van der Waals surface area contributed by atoms with E-state index in [0.29, 0.717) is 17.7 Å². The average molecular weight is 328 g/mol. The molecule has 0 saturated heterocycles. The normalized spacial score (nSPS) is 10.2. The van der Waals surface area contributed by atoms with E-state index >= 15 is 0 Å². The highest BCUT2D eigenvalue weighted by Crippen LogP contribution is 2.21. The van der Waals surface area contributed by atoms with Crippen LogP contribution in [0.25, 0.3) is 0 Å². The third-order valence-corrected chi connectivity index (χ3v) is 4.21. The second kappa shape index (κ2) is 7.83. The first-order valence-corrected chi connectivity index (χ1v) is 8.47. The number of benzene rings is 2. The van der Waals surface area contributed by atoms with Gasteiger partial charge in [0.25, 0.3) is 5.91 Å². The van der Waals surface area contributed by atoms with E-state index in [2.05, 4.69) is 5.32 Å². The van der Waals surface area contributed by atoms with Crippen molar-refractivity contribution in [3.8, 4) is 0 Å². The Bertz CT molecular complexity index is 696. The zero-order valence-electron chi connectivity index (χ0n) is 13.5. The van der Waals surface area contributed by atoms with E-state index in [-0.39, 0.29) is 11.8 Å². The molecule has 0 radical (unpaired) electrons. The maximum absolute atomic E-state index is 12.4. The van der Waals surface area contributed by atoms with E-state index in [1.807, 2.05) is 54.8 Å². The molecule has 5 heteroatoms. The zero-order valence-corrected chi connectivity index (χ0v) is 14.3. The van der Waals surface area contributed by atoms with E-state index in [1.165, 1.54) is 0 Å². The first kappa shape index (κ1) is 17.1. The summed E-state index contributed by atoms with van der Waals surface area (Å²) in [5.41, 5.74) is 2.30. The minimum atomic E-state index is -0.132. The minimum absolute atomic E-state index is 0.0516. The highest BCUT2D eigenvalue weighted by molar-refractivity contribution is 7.98. The topological polar surface area (TPSA) is 49.4 Å². The summed E-state index contributed by atoms with van der Waals surface area (Å²) in [6.07, 6.45) is 2.30. The predicted molar refractivity (Wildman–Crippen MR) is 95.0 cm³/mol. The summed E-state index contributed by atoms with van der Waals surface area (Å²) in [5.74, 6) is -0.0808. The molecule has 2 amide bonds. The summed E-state index contributed by atoms with van der Waals surface area (Å²) in [5, 5.41) is 2.89. The number of hydrogen-bond acceptors (Lipinski definition) is 3. The monoisotopic (exact) mass is 328 g/mol. The van der Waals surface area contributed by atoms with Crippen molar-refractivity contribution >= 4 is 29.3 Å². The van der Waals surface area contributed by atoms with Crippen molar-refractivity contribution in [1.82, 2.24) is 4.90 Å². The molecule has 0 heterocycles. The van der Waals surface area contributed by atoms with Crippen LogP contribution in [-0.4, -0.2) is 37.1 Å². The Labute approximate surface area is 140 Å². The van der Waals surface area contributed by atoms with Gasteiger partial charge in [-0.05, 0) is 36.1 Å². The molecule has 0 aromatic heterocycles. The van der Waals surface area contributed by atoms with Crippen molar-refractivity contribution in [2.24, 2.45) is 0 Å². The molecule has 2 aromatic carbocycles. The number of likely N-dealkylation sites (N-methyl/N-ethyl adjacent to an activating group) is 1. The number of nitrogens with zero attached hydrogens (tertiary/aromatic N) is 1. The Kier molecular flexibility index (Phi) is 5.82. The van der Waals surface area contributed by atoms with Gasteiger partial charge < -0.3 is 10.2 Å². The number of thioether (sulfide) groups is 1. The van der Waals surface area contributed by atoms with Crippen molar-refractivity contribution < 1.29 is 9.59 Å². The standard InChI is InChI=1S/C18H20N2O2S/c1-20(2)17(21)12-13-8-10-14(11-9-13)19-18(22)15-6-4-5-7-16(15)23-3/h4-11H,12H2,1-3H3,(H,19,22). The Morgan fingerprint density at radius 3 is 2.30 bits per heavy atom. The maximum atomic E-state index is 12.4. The van der Waals surface area contributed by atoms with Crippen LogP contribution in [0, 0.1) is 0 Å². The van der Waals surface area contributed by atoms with Gasteiger partial charge in [0.05, 0.1) is 12.0 Å². The molecule has 0 spiro atoms. The van der Waals surface area contributed by atoms with Crippen molar-refractivity contribution in [1.29, 1.82) is 0 Å². The van der Waals surface area contributed by atoms with Crippen LogP contribution in [0.5, 0.6) is 0 Å². The fourth-order valence-corrected chi connectivity index (χ4v) is 2.66. The van der Waals surface area contributed by atoms with E-state index in [1.54, 1.807) is 30.8 Å². The molecule has 0 unspecified atom stereocenters. The molecular formula is C18H20N2O2S. The quantitative estimate of drug-likeness (QED) is 0.857. The first-order valence-electron chi connectivity index (χ1n) is 7.24. The van der Waals surface area contributed by atoms with Gasteiger partial charge in [0.15, 0.2) is 0 Å². The second-order valence-corrected chi connectivity index (χ2v) is 6.16. The number of carbonyl (C=O) groups excluding carboxylic acids is 2. The molecule has 0 fully saturated rings. The lowest BCUT2D eigenvalue weighted by Gasteiger charge is -2.11. The van der Waals surface area contributed by atoms with Crippen LogP contribution < -0.4 is 5.32 Å². The fraction of sp³-hybridized carbons (Fsp3) is 0.222. The molecule has 2 rings (SSSR count). The number of hydrogen-bond donors (Lipinski definition) is 1. The van der Waals surface area contributed by atoms with E-state index in [9.17, 15) is 9.59 Å². The van der Waals surface area contributed by atoms with Crippen molar-refractivity contribution in [2.45, 2.75) is 11.3 Å². The molecule has 0 aliphatic rings. The van der Waals surface area contributed by atoms with E-state index in [0.717, 1.165) is 10.5 Å². The smallest absolute Gasteiger partial charge is 0.256 e. The van der Waals surface area contributed by atoms with Crippen LogP contribution in [0.2, 0.25) is 0 Å². The second-order valence-electron chi connectivity index (χ2n) is 5.32. The van der Waals surface area contributed by atoms with Gasteiger partial charge in [0.2, 0.25) is 5.91 Å². The molecule has 0 aliphatic heterocycles. The highest BCUT2D eigenvalue weighted by atomic mass is 32.2. The Balaban J connectivity index is 2.06. The Hall–Kier alpha value is -2.27. The maximum Gasteiger partial charge on any atom is 0.256 e. The Morgan fingerprint density at radius 1 is 1.04 bits per heavy atom. The molecule has 2 aromatic rings. The molecule has 0 bridgehead atoms. The molecule has 1 N–H and O–H groups in total. The fourth-order valence-electron chi connectivity index (χ4n) is 2.07. The van der Waals surface area contributed by atoms with Crippen LogP contribution in [0.1, 0.15) is 15.9 Å².